The van der Waals surface area contributed by atoms with Crippen LogP contribution in [0.1, 0.15) is 5.56 Å². The number of aromatic nitrogens is 1. The molecule has 0 saturated heterocycles. The Morgan fingerprint density at radius 2 is 1.71 bits per heavy atom. The summed E-state index contributed by atoms with van der Waals surface area (Å²) in [4.78, 5) is 10.9. The summed E-state index contributed by atoms with van der Waals surface area (Å²) in [5.41, 5.74) is 1.30. The van der Waals surface area contributed by atoms with Gasteiger partial charge in [-0.05, 0) is 24.1 Å². The highest BCUT2D eigenvalue weighted by Crippen LogP contribution is 2.11. The molecule has 0 amide bonds. The first-order valence-corrected chi connectivity index (χ1v) is 5.57. The third-order valence-electron chi connectivity index (χ3n) is 2.68. The highest BCUT2D eigenvalue weighted by molar-refractivity contribution is 5.27. The summed E-state index contributed by atoms with van der Waals surface area (Å²) in [6.45, 7) is 0.868. The smallest absolute Gasteiger partial charge is 0.181 e. The molecule has 0 unspecified atom stereocenters. The van der Waals surface area contributed by atoms with Crippen LogP contribution in [-0.2, 0) is 13.0 Å². The van der Waals surface area contributed by atoms with Crippen LogP contribution in [0.2, 0.25) is 0 Å². The molecule has 0 saturated carbocycles. The van der Waals surface area contributed by atoms with Gasteiger partial charge in [0.2, 0.25) is 0 Å². The summed E-state index contributed by atoms with van der Waals surface area (Å²) in [5, 5.41) is 0. The second kappa shape index (κ2) is 5.34. The predicted octanol–water partition coefficient (Wildman–Crippen LogP) is 2.10. The average molecular weight is 229 g/mol. The monoisotopic (exact) mass is 229 g/mol. The quantitative estimate of drug-likeness (QED) is 0.804. The van der Waals surface area contributed by atoms with Crippen LogP contribution >= 0.6 is 0 Å². The Morgan fingerprint density at radius 1 is 1.06 bits per heavy atom. The molecule has 0 aliphatic rings. The summed E-state index contributed by atoms with van der Waals surface area (Å²) in [5.74, 6) is 0.872. The lowest BCUT2D eigenvalue weighted by Crippen LogP contribution is -2.05. The lowest BCUT2D eigenvalue weighted by Gasteiger charge is -2.06. The van der Waals surface area contributed by atoms with E-state index in [1.54, 1.807) is 19.2 Å². The molecule has 1 aromatic carbocycles. The SMILES string of the molecule is COc1ccc(CCn2ccc(=O)cc2)cc1. The van der Waals surface area contributed by atoms with Crippen LogP contribution in [0.3, 0.4) is 0 Å². The van der Waals surface area contributed by atoms with Gasteiger partial charge in [-0.25, -0.2) is 0 Å². The fourth-order valence-corrected chi connectivity index (χ4v) is 1.64. The molecule has 0 aliphatic carbocycles. The molecule has 0 aliphatic heterocycles. The predicted molar refractivity (Wildman–Crippen MR) is 67.4 cm³/mol. The molecule has 1 aromatic heterocycles. The van der Waals surface area contributed by atoms with Gasteiger partial charge in [-0.15, -0.1) is 0 Å². The molecule has 0 fully saturated rings. The van der Waals surface area contributed by atoms with Crippen molar-refractivity contribution in [3.05, 3.63) is 64.6 Å². The molecule has 3 nitrogen and oxygen atoms in total. The standard InChI is InChI=1S/C14H15NO2/c1-17-14-4-2-12(3-5-14)6-9-15-10-7-13(16)8-11-15/h2-5,7-8,10-11H,6,9H2,1H3. The van der Waals surface area contributed by atoms with Crippen molar-refractivity contribution in [2.75, 3.05) is 7.11 Å². The van der Waals surface area contributed by atoms with Gasteiger partial charge >= 0.3 is 0 Å². The summed E-state index contributed by atoms with van der Waals surface area (Å²) in [6.07, 6.45) is 4.56. The molecule has 17 heavy (non-hydrogen) atoms. The maximum Gasteiger partial charge on any atom is 0.181 e. The van der Waals surface area contributed by atoms with E-state index < -0.39 is 0 Å². The zero-order chi connectivity index (χ0) is 12.1. The van der Waals surface area contributed by atoms with Crippen LogP contribution in [0.4, 0.5) is 0 Å². The van der Waals surface area contributed by atoms with Gasteiger partial charge in [0, 0.05) is 31.1 Å². The molecule has 0 N–H and O–H groups in total. The maximum atomic E-state index is 10.9. The Morgan fingerprint density at radius 3 is 2.29 bits per heavy atom. The molecule has 88 valence electrons. The number of hydrogen-bond acceptors (Lipinski definition) is 2. The molecule has 0 bridgehead atoms. The Hall–Kier alpha value is -2.03. The highest BCUT2D eigenvalue weighted by Gasteiger charge is 1.95. The Labute approximate surface area is 100 Å². The van der Waals surface area contributed by atoms with Gasteiger partial charge in [-0.3, -0.25) is 4.79 Å². The van der Waals surface area contributed by atoms with Gasteiger partial charge < -0.3 is 9.30 Å². The van der Waals surface area contributed by atoms with Crippen molar-refractivity contribution in [1.29, 1.82) is 0 Å². The van der Waals surface area contributed by atoms with E-state index in [2.05, 4.69) is 12.1 Å². The van der Waals surface area contributed by atoms with E-state index in [1.165, 1.54) is 5.56 Å². The topological polar surface area (TPSA) is 31.2 Å². The first kappa shape index (κ1) is 11.5. The largest absolute Gasteiger partial charge is 0.497 e. The number of ether oxygens (including phenoxy) is 1. The van der Waals surface area contributed by atoms with Gasteiger partial charge in [0.25, 0.3) is 0 Å². The van der Waals surface area contributed by atoms with Gasteiger partial charge in [-0.1, -0.05) is 12.1 Å². The molecule has 1 heterocycles. The van der Waals surface area contributed by atoms with Gasteiger partial charge in [-0.2, -0.15) is 0 Å². The van der Waals surface area contributed by atoms with Crippen molar-refractivity contribution < 1.29 is 4.74 Å². The van der Waals surface area contributed by atoms with Crippen molar-refractivity contribution in [1.82, 2.24) is 4.57 Å². The fourth-order valence-electron chi connectivity index (χ4n) is 1.64. The number of aryl methyl sites for hydroxylation is 2. The van der Waals surface area contributed by atoms with E-state index in [1.807, 2.05) is 29.1 Å². The molecule has 0 atom stereocenters. The van der Waals surface area contributed by atoms with Crippen molar-refractivity contribution >= 4 is 0 Å². The Bertz CT molecular complexity index is 508. The number of hydrogen-bond donors (Lipinski definition) is 0. The third kappa shape index (κ3) is 3.21. The number of rotatable bonds is 4. The van der Waals surface area contributed by atoms with Gasteiger partial charge in [0.15, 0.2) is 5.43 Å². The summed E-state index contributed by atoms with van der Waals surface area (Å²) >= 11 is 0. The summed E-state index contributed by atoms with van der Waals surface area (Å²) in [6, 6.07) is 11.2. The molecule has 3 heteroatoms. The minimum absolute atomic E-state index is 0.0469. The number of methoxy groups -OCH3 is 1. The summed E-state index contributed by atoms with van der Waals surface area (Å²) < 4.78 is 7.11. The number of pyridine rings is 1. The first-order chi connectivity index (χ1) is 8.28. The van der Waals surface area contributed by atoms with E-state index >= 15 is 0 Å². The first-order valence-electron chi connectivity index (χ1n) is 5.57. The van der Waals surface area contributed by atoms with Crippen LogP contribution in [0.25, 0.3) is 0 Å². The van der Waals surface area contributed by atoms with Crippen molar-refractivity contribution in [3.8, 4) is 5.75 Å². The van der Waals surface area contributed by atoms with Crippen LogP contribution in [0, 0.1) is 0 Å². The normalized spacial score (nSPS) is 10.2. The van der Waals surface area contributed by atoms with E-state index in [0.29, 0.717) is 0 Å². The highest BCUT2D eigenvalue weighted by atomic mass is 16.5. The molecule has 2 rings (SSSR count). The molecule has 0 spiro atoms. The second-order valence-electron chi connectivity index (χ2n) is 3.87. The van der Waals surface area contributed by atoms with Crippen LogP contribution in [0.5, 0.6) is 5.75 Å². The van der Waals surface area contributed by atoms with E-state index in [4.69, 9.17) is 4.74 Å². The third-order valence-corrected chi connectivity index (χ3v) is 2.68. The molecule has 2 aromatic rings. The second-order valence-corrected chi connectivity index (χ2v) is 3.87. The lowest BCUT2D eigenvalue weighted by molar-refractivity contribution is 0.414. The molecular weight excluding hydrogens is 214 g/mol. The van der Waals surface area contributed by atoms with Gasteiger partial charge in [0.1, 0.15) is 5.75 Å². The Balaban J connectivity index is 1.97. The minimum Gasteiger partial charge on any atom is -0.497 e. The van der Waals surface area contributed by atoms with E-state index in [0.717, 1.165) is 18.7 Å². The lowest BCUT2D eigenvalue weighted by atomic mass is 10.1. The van der Waals surface area contributed by atoms with E-state index in [-0.39, 0.29) is 5.43 Å². The minimum atomic E-state index is 0.0469. The van der Waals surface area contributed by atoms with Crippen LogP contribution < -0.4 is 10.2 Å². The zero-order valence-corrected chi connectivity index (χ0v) is 9.80. The maximum absolute atomic E-state index is 10.9. The summed E-state index contributed by atoms with van der Waals surface area (Å²) in [7, 11) is 1.66. The van der Waals surface area contributed by atoms with Crippen molar-refractivity contribution in [2.24, 2.45) is 0 Å². The van der Waals surface area contributed by atoms with Crippen LogP contribution in [-0.4, -0.2) is 11.7 Å². The van der Waals surface area contributed by atoms with Crippen LogP contribution in [0.15, 0.2) is 53.6 Å². The van der Waals surface area contributed by atoms with E-state index in [9.17, 15) is 4.79 Å². The van der Waals surface area contributed by atoms with Gasteiger partial charge in [0.05, 0.1) is 7.11 Å². The van der Waals surface area contributed by atoms with Crippen molar-refractivity contribution in [3.63, 3.8) is 0 Å². The Kier molecular flexibility index (Phi) is 3.60. The average Bonchev–Trinajstić information content (AvgIpc) is 2.39. The fraction of sp³-hybridized carbons (Fsp3) is 0.214. The van der Waals surface area contributed by atoms with Crippen molar-refractivity contribution in [2.45, 2.75) is 13.0 Å². The number of benzene rings is 1. The molecular formula is C14H15NO2. The number of nitrogens with zero attached hydrogens (tertiary/aromatic N) is 1. The zero-order valence-electron chi connectivity index (χ0n) is 9.80. The molecule has 0 radical (unpaired) electrons.